The van der Waals surface area contributed by atoms with Gasteiger partial charge in [0.1, 0.15) is 0 Å². The highest BCUT2D eigenvalue weighted by Gasteiger charge is 2.02. The van der Waals surface area contributed by atoms with Crippen LogP contribution in [0.1, 0.15) is 5.56 Å². The second-order valence-electron chi connectivity index (χ2n) is 2.12. The van der Waals surface area contributed by atoms with E-state index in [0.717, 1.165) is 4.47 Å². The second kappa shape index (κ2) is 3.43. The standard InChI is InChI=1S/C7H7BrClNO/c8-5-1-4(3-11)6(9)2-7(5)10/h1-2,11H,3,10H2. The Morgan fingerprint density at radius 3 is 2.73 bits per heavy atom. The monoisotopic (exact) mass is 235 g/mol. The van der Waals surface area contributed by atoms with Crippen LogP contribution in [0, 0.1) is 0 Å². The van der Waals surface area contributed by atoms with Gasteiger partial charge in [-0.1, -0.05) is 11.6 Å². The van der Waals surface area contributed by atoms with Crippen molar-refractivity contribution in [2.24, 2.45) is 0 Å². The van der Waals surface area contributed by atoms with Gasteiger partial charge >= 0.3 is 0 Å². The Labute approximate surface area is 78.1 Å². The summed E-state index contributed by atoms with van der Waals surface area (Å²) >= 11 is 8.97. The smallest absolute Gasteiger partial charge is 0.0696 e. The van der Waals surface area contributed by atoms with E-state index in [1.165, 1.54) is 0 Å². The number of hydrogen-bond donors (Lipinski definition) is 2. The topological polar surface area (TPSA) is 46.2 Å². The van der Waals surface area contributed by atoms with Crippen molar-refractivity contribution in [1.29, 1.82) is 0 Å². The van der Waals surface area contributed by atoms with E-state index in [-0.39, 0.29) is 6.61 Å². The van der Waals surface area contributed by atoms with E-state index in [1.54, 1.807) is 12.1 Å². The van der Waals surface area contributed by atoms with Crippen molar-refractivity contribution in [3.05, 3.63) is 27.2 Å². The fourth-order valence-corrected chi connectivity index (χ4v) is 1.35. The van der Waals surface area contributed by atoms with Gasteiger partial charge in [-0.15, -0.1) is 0 Å². The van der Waals surface area contributed by atoms with Crippen molar-refractivity contribution in [3.63, 3.8) is 0 Å². The third-order valence-electron chi connectivity index (χ3n) is 1.34. The number of aliphatic hydroxyl groups is 1. The Bertz CT molecular complexity index is 277. The summed E-state index contributed by atoms with van der Waals surface area (Å²) in [5, 5.41) is 9.28. The molecule has 0 saturated heterocycles. The number of rotatable bonds is 1. The summed E-state index contributed by atoms with van der Waals surface area (Å²) < 4.78 is 0.756. The maximum absolute atomic E-state index is 8.79. The van der Waals surface area contributed by atoms with Crippen LogP contribution in [0.5, 0.6) is 0 Å². The van der Waals surface area contributed by atoms with E-state index in [1.807, 2.05) is 0 Å². The summed E-state index contributed by atoms with van der Waals surface area (Å²) in [6, 6.07) is 3.31. The molecule has 0 aliphatic carbocycles. The second-order valence-corrected chi connectivity index (χ2v) is 3.38. The Morgan fingerprint density at radius 2 is 2.18 bits per heavy atom. The van der Waals surface area contributed by atoms with Gasteiger partial charge in [-0.05, 0) is 33.6 Å². The Hall–Kier alpha value is -0.250. The summed E-state index contributed by atoms with van der Waals surface area (Å²) in [5.74, 6) is 0. The summed E-state index contributed by atoms with van der Waals surface area (Å²) in [4.78, 5) is 0. The predicted molar refractivity (Wildman–Crippen MR) is 49.5 cm³/mol. The van der Waals surface area contributed by atoms with Gasteiger partial charge in [0.15, 0.2) is 0 Å². The molecule has 1 rings (SSSR count). The summed E-state index contributed by atoms with van der Waals surface area (Å²) in [6.07, 6.45) is 0. The molecule has 4 heteroatoms. The first kappa shape index (κ1) is 8.84. The normalized spacial score (nSPS) is 10.1. The molecule has 0 radical (unpaired) electrons. The van der Waals surface area contributed by atoms with Crippen LogP contribution in [-0.2, 0) is 6.61 Å². The van der Waals surface area contributed by atoms with Crippen molar-refractivity contribution in [2.75, 3.05) is 5.73 Å². The lowest BCUT2D eigenvalue weighted by Crippen LogP contribution is -1.90. The Kier molecular flexibility index (Phi) is 2.76. The molecule has 0 atom stereocenters. The molecule has 3 N–H and O–H groups in total. The van der Waals surface area contributed by atoms with E-state index >= 15 is 0 Å². The lowest BCUT2D eigenvalue weighted by molar-refractivity contribution is 0.282. The van der Waals surface area contributed by atoms with Crippen LogP contribution in [-0.4, -0.2) is 5.11 Å². The van der Waals surface area contributed by atoms with E-state index < -0.39 is 0 Å². The molecule has 0 bridgehead atoms. The first-order chi connectivity index (χ1) is 5.15. The zero-order valence-corrected chi connectivity index (χ0v) is 7.98. The number of nitrogen functional groups attached to an aromatic ring is 1. The summed E-state index contributed by atoms with van der Waals surface area (Å²) in [7, 11) is 0. The first-order valence-electron chi connectivity index (χ1n) is 2.99. The molecule has 11 heavy (non-hydrogen) atoms. The third-order valence-corrected chi connectivity index (χ3v) is 2.37. The molecule has 0 aromatic heterocycles. The Morgan fingerprint density at radius 1 is 1.55 bits per heavy atom. The van der Waals surface area contributed by atoms with Crippen LogP contribution < -0.4 is 5.73 Å². The highest BCUT2D eigenvalue weighted by molar-refractivity contribution is 9.10. The lowest BCUT2D eigenvalue weighted by atomic mass is 10.2. The van der Waals surface area contributed by atoms with Crippen molar-refractivity contribution in [3.8, 4) is 0 Å². The molecule has 0 aliphatic rings. The van der Waals surface area contributed by atoms with Gasteiger partial charge < -0.3 is 10.8 Å². The van der Waals surface area contributed by atoms with Crippen molar-refractivity contribution in [1.82, 2.24) is 0 Å². The molecular weight excluding hydrogens is 229 g/mol. The minimum atomic E-state index is -0.0717. The predicted octanol–water partition coefficient (Wildman–Crippen LogP) is 2.18. The zero-order valence-electron chi connectivity index (χ0n) is 5.64. The Balaban J connectivity index is 3.21. The van der Waals surface area contributed by atoms with E-state index in [9.17, 15) is 0 Å². The highest BCUT2D eigenvalue weighted by Crippen LogP contribution is 2.27. The van der Waals surface area contributed by atoms with Crippen LogP contribution >= 0.6 is 27.5 Å². The van der Waals surface area contributed by atoms with Gasteiger partial charge in [-0.25, -0.2) is 0 Å². The van der Waals surface area contributed by atoms with Gasteiger partial charge in [0.2, 0.25) is 0 Å². The maximum atomic E-state index is 8.79. The van der Waals surface area contributed by atoms with Crippen molar-refractivity contribution >= 4 is 33.2 Å². The van der Waals surface area contributed by atoms with E-state index in [2.05, 4.69) is 15.9 Å². The van der Waals surface area contributed by atoms with Crippen LogP contribution in [0.25, 0.3) is 0 Å². The number of nitrogens with two attached hydrogens (primary N) is 1. The van der Waals surface area contributed by atoms with Crippen molar-refractivity contribution < 1.29 is 5.11 Å². The molecule has 1 aromatic carbocycles. The minimum Gasteiger partial charge on any atom is -0.398 e. The van der Waals surface area contributed by atoms with E-state index in [0.29, 0.717) is 16.3 Å². The fraction of sp³-hybridized carbons (Fsp3) is 0.143. The van der Waals surface area contributed by atoms with Gasteiger partial charge in [0.25, 0.3) is 0 Å². The average Bonchev–Trinajstić information content (AvgIpc) is 1.97. The first-order valence-corrected chi connectivity index (χ1v) is 4.16. The lowest BCUT2D eigenvalue weighted by Gasteiger charge is -2.03. The molecule has 2 nitrogen and oxygen atoms in total. The van der Waals surface area contributed by atoms with Crippen LogP contribution in [0.4, 0.5) is 5.69 Å². The molecular formula is C7H7BrClNO. The molecule has 0 fully saturated rings. The molecule has 0 spiro atoms. The molecule has 0 saturated carbocycles. The van der Waals surface area contributed by atoms with Gasteiger partial charge in [0, 0.05) is 15.2 Å². The largest absolute Gasteiger partial charge is 0.398 e. The molecule has 0 amide bonds. The quantitative estimate of drug-likeness (QED) is 0.734. The van der Waals surface area contributed by atoms with Crippen LogP contribution in [0.3, 0.4) is 0 Å². The van der Waals surface area contributed by atoms with Gasteiger partial charge in [0.05, 0.1) is 6.61 Å². The zero-order chi connectivity index (χ0) is 8.43. The number of benzene rings is 1. The SMILES string of the molecule is Nc1cc(Cl)c(CO)cc1Br. The third kappa shape index (κ3) is 1.86. The molecule has 60 valence electrons. The maximum Gasteiger partial charge on any atom is 0.0696 e. The minimum absolute atomic E-state index is 0.0717. The highest BCUT2D eigenvalue weighted by atomic mass is 79.9. The van der Waals surface area contributed by atoms with Crippen LogP contribution in [0.15, 0.2) is 16.6 Å². The molecule has 1 aromatic rings. The fourth-order valence-electron chi connectivity index (χ4n) is 0.725. The average molecular weight is 236 g/mol. The van der Waals surface area contributed by atoms with Gasteiger partial charge in [-0.3, -0.25) is 0 Å². The number of hydrogen-bond acceptors (Lipinski definition) is 2. The molecule has 0 unspecified atom stereocenters. The van der Waals surface area contributed by atoms with Crippen molar-refractivity contribution in [2.45, 2.75) is 6.61 Å². The number of anilines is 1. The van der Waals surface area contributed by atoms with Crippen LogP contribution in [0.2, 0.25) is 5.02 Å². The summed E-state index contributed by atoms with van der Waals surface area (Å²) in [5.41, 5.74) is 6.78. The van der Waals surface area contributed by atoms with E-state index in [4.69, 9.17) is 22.4 Å². The number of aliphatic hydroxyl groups excluding tert-OH is 1. The van der Waals surface area contributed by atoms with Gasteiger partial charge in [-0.2, -0.15) is 0 Å². The summed E-state index contributed by atoms with van der Waals surface area (Å²) in [6.45, 7) is -0.0717. The molecule has 0 heterocycles. The molecule has 0 aliphatic heterocycles. The number of halogens is 2.